The molecular formula is C19H19ClN4O2. The SMILES string of the molecule is CCNC(=O)Cn1c(CNC(=O)c2ccc(Cl)cc2)nc2ccccc21. The number of aromatic nitrogens is 2. The second kappa shape index (κ2) is 8.01. The normalized spacial score (nSPS) is 10.7. The van der Waals surface area contributed by atoms with Crippen LogP contribution in [0.5, 0.6) is 0 Å². The third-order valence-corrected chi connectivity index (χ3v) is 4.17. The van der Waals surface area contributed by atoms with Crippen molar-refractivity contribution in [2.45, 2.75) is 20.0 Å². The summed E-state index contributed by atoms with van der Waals surface area (Å²) in [5.74, 6) is 0.305. The Kier molecular flexibility index (Phi) is 5.53. The maximum atomic E-state index is 12.3. The molecular weight excluding hydrogens is 352 g/mol. The first-order valence-electron chi connectivity index (χ1n) is 8.33. The van der Waals surface area contributed by atoms with Gasteiger partial charge in [-0.2, -0.15) is 0 Å². The zero-order valence-electron chi connectivity index (χ0n) is 14.3. The Bertz CT molecular complexity index is 934. The molecule has 2 amide bonds. The number of likely N-dealkylation sites (N-methyl/N-ethyl adjacent to an activating group) is 1. The largest absolute Gasteiger partial charge is 0.355 e. The van der Waals surface area contributed by atoms with Gasteiger partial charge in [-0.3, -0.25) is 9.59 Å². The predicted molar refractivity (Wildman–Crippen MR) is 101 cm³/mol. The summed E-state index contributed by atoms with van der Waals surface area (Å²) in [6, 6.07) is 14.2. The van der Waals surface area contributed by atoms with Crippen molar-refractivity contribution in [2.24, 2.45) is 0 Å². The van der Waals surface area contributed by atoms with E-state index < -0.39 is 0 Å². The van der Waals surface area contributed by atoms with E-state index in [9.17, 15) is 9.59 Å². The van der Waals surface area contributed by atoms with Crippen molar-refractivity contribution >= 4 is 34.4 Å². The zero-order chi connectivity index (χ0) is 18.5. The summed E-state index contributed by atoms with van der Waals surface area (Å²) in [5.41, 5.74) is 2.16. The van der Waals surface area contributed by atoms with E-state index in [1.54, 1.807) is 24.3 Å². The van der Waals surface area contributed by atoms with Crippen LogP contribution in [0.4, 0.5) is 0 Å². The number of carbonyl (C=O) groups is 2. The van der Waals surface area contributed by atoms with Gasteiger partial charge < -0.3 is 15.2 Å². The van der Waals surface area contributed by atoms with E-state index >= 15 is 0 Å². The van der Waals surface area contributed by atoms with Crippen LogP contribution in [-0.4, -0.2) is 27.9 Å². The summed E-state index contributed by atoms with van der Waals surface area (Å²) in [5, 5.41) is 6.20. The summed E-state index contributed by atoms with van der Waals surface area (Å²) in [7, 11) is 0. The number of fused-ring (bicyclic) bond motifs is 1. The Morgan fingerprint density at radius 3 is 2.54 bits per heavy atom. The number of benzene rings is 2. The molecule has 0 saturated carbocycles. The first kappa shape index (κ1) is 17.9. The van der Waals surface area contributed by atoms with Crippen LogP contribution in [0.3, 0.4) is 0 Å². The molecule has 3 aromatic rings. The lowest BCUT2D eigenvalue weighted by molar-refractivity contribution is -0.121. The average Bonchev–Trinajstić information content (AvgIpc) is 2.98. The molecule has 0 aliphatic heterocycles. The van der Waals surface area contributed by atoms with Gasteiger partial charge in [-0.25, -0.2) is 4.98 Å². The number of hydrogen-bond acceptors (Lipinski definition) is 3. The van der Waals surface area contributed by atoms with Crippen molar-refractivity contribution in [1.82, 2.24) is 20.2 Å². The Labute approximate surface area is 156 Å². The molecule has 0 unspecified atom stereocenters. The van der Waals surface area contributed by atoms with Crippen molar-refractivity contribution in [2.75, 3.05) is 6.54 Å². The zero-order valence-corrected chi connectivity index (χ0v) is 15.1. The Hall–Kier alpha value is -2.86. The minimum absolute atomic E-state index is 0.0964. The van der Waals surface area contributed by atoms with E-state index in [1.807, 2.05) is 35.8 Å². The van der Waals surface area contributed by atoms with Gasteiger partial charge in [-0.05, 0) is 43.3 Å². The number of nitrogens with zero attached hydrogens (tertiary/aromatic N) is 2. The highest BCUT2D eigenvalue weighted by atomic mass is 35.5. The summed E-state index contributed by atoms with van der Waals surface area (Å²) < 4.78 is 1.82. The molecule has 6 nitrogen and oxygen atoms in total. The van der Waals surface area contributed by atoms with Crippen LogP contribution in [-0.2, 0) is 17.9 Å². The fraction of sp³-hybridized carbons (Fsp3) is 0.211. The highest BCUT2D eigenvalue weighted by Crippen LogP contribution is 2.16. The van der Waals surface area contributed by atoms with Gasteiger partial charge >= 0.3 is 0 Å². The molecule has 0 atom stereocenters. The van der Waals surface area contributed by atoms with Gasteiger partial charge in [0.05, 0.1) is 17.6 Å². The predicted octanol–water partition coefficient (Wildman–Crippen LogP) is 2.76. The molecule has 26 heavy (non-hydrogen) atoms. The first-order valence-corrected chi connectivity index (χ1v) is 8.71. The third-order valence-electron chi connectivity index (χ3n) is 3.92. The van der Waals surface area contributed by atoms with Crippen LogP contribution < -0.4 is 10.6 Å². The van der Waals surface area contributed by atoms with Gasteiger partial charge in [0.2, 0.25) is 5.91 Å². The van der Waals surface area contributed by atoms with E-state index in [0.29, 0.717) is 23.0 Å². The molecule has 0 spiro atoms. The minimum atomic E-state index is -0.224. The number of para-hydroxylation sites is 2. The second-order valence-electron chi connectivity index (χ2n) is 5.75. The smallest absolute Gasteiger partial charge is 0.251 e. The lowest BCUT2D eigenvalue weighted by atomic mass is 10.2. The lowest BCUT2D eigenvalue weighted by Crippen LogP contribution is -2.29. The topological polar surface area (TPSA) is 76.0 Å². The van der Waals surface area contributed by atoms with Gasteiger partial charge in [-0.15, -0.1) is 0 Å². The van der Waals surface area contributed by atoms with Gasteiger partial charge in [0, 0.05) is 17.1 Å². The van der Waals surface area contributed by atoms with Crippen LogP contribution in [0.2, 0.25) is 5.02 Å². The minimum Gasteiger partial charge on any atom is -0.355 e. The second-order valence-corrected chi connectivity index (χ2v) is 6.18. The highest BCUT2D eigenvalue weighted by molar-refractivity contribution is 6.30. The number of imidazole rings is 1. The molecule has 2 N–H and O–H groups in total. The molecule has 0 fully saturated rings. The van der Waals surface area contributed by atoms with Crippen molar-refractivity contribution in [1.29, 1.82) is 0 Å². The summed E-state index contributed by atoms with van der Waals surface area (Å²) in [6.07, 6.45) is 0. The van der Waals surface area contributed by atoms with E-state index in [2.05, 4.69) is 15.6 Å². The highest BCUT2D eigenvalue weighted by Gasteiger charge is 2.14. The van der Waals surface area contributed by atoms with E-state index in [-0.39, 0.29) is 24.9 Å². The summed E-state index contributed by atoms with van der Waals surface area (Å²) >= 11 is 5.85. The maximum absolute atomic E-state index is 12.3. The lowest BCUT2D eigenvalue weighted by Gasteiger charge is -2.10. The quantitative estimate of drug-likeness (QED) is 0.700. The van der Waals surface area contributed by atoms with Gasteiger partial charge in [0.1, 0.15) is 12.4 Å². The number of amides is 2. The molecule has 3 rings (SSSR count). The standard InChI is InChI=1S/C19H19ClN4O2/c1-2-21-18(25)12-24-16-6-4-3-5-15(16)23-17(24)11-22-19(26)13-7-9-14(20)10-8-13/h3-10H,2,11-12H2,1H3,(H,21,25)(H,22,26). The van der Waals surface area contributed by atoms with Crippen LogP contribution >= 0.6 is 11.6 Å². The summed E-state index contributed by atoms with van der Waals surface area (Å²) in [6.45, 7) is 2.81. The molecule has 2 aromatic carbocycles. The fourth-order valence-electron chi connectivity index (χ4n) is 2.70. The maximum Gasteiger partial charge on any atom is 0.251 e. The molecule has 0 aliphatic carbocycles. The molecule has 0 saturated heterocycles. The number of carbonyl (C=O) groups excluding carboxylic acids is 2. The van der Waals surface area contributed by atoms with Crippen LogP contribution in [0.15, 0.2) is 48.5 Å². The number of halogens is 1. The van der Waals surface area contributed by atoms with Gasteiger partial charge in [0.25, 0.3) is 5.91 Å². The Morgan fingerprint density at radius 1 is 1.08 bits per heavy atom. The fourth-order valence-corrected chi connectivity index (χ4v) is 2.82. The molecule has 134 valence electrons. The number of hydrogen-bond donors (Lipinski definition) is 2. The van der Waals surface area contributed by atoms with Crippen LogP contribution in [0.25, 0.3) is 11.0 Å². The molecule has 1 aromatic heterocycles. The Morgan fingerprint density at radius 2 is 1.81 bits per heavy atom. The van der Waals surface area contributed by atoms with Crippen molar-refractivity contribution in [3.05, 3.63) is 64.9 Å². The summed E-state index contributed by atoms with van der Waals surface area (Å²) in [4.78, 5) is 28.9. The molecule has 7 heteroatoms. The van der Waals surface area contributed by atoms with E-state index in [1.165, 1.54) is 0 Å². The van der Waals surface area contributed by atoms with Gasteiger partial charge in [0.15, 0.2) is 0 Å². The molecule has 1 heterocycles. The Balaban J connectivity index is 1.81. The first-order chi connectivity index (χ1) is 12.6. The number of rotatable bonds is 6. The molecule has 0 radical (unpaired) electrons. The van der Waals surface area contributed by atoms with Crippen LogP contribution in [0.1, 0.15) is 23.1 Å². The van der Waals surface area contributed by atoms with Crippen molar-refractivity contribution < 1.29 is 9.59 Å². The van der Waals surface area contributed by atoms with Crippen molar-refractivity contribution in [3.8, 4) is 0 Å². The molecule has 0 aliphatic rings. The van der Waals surface area contributed by atoms with Crippen molar-refractivity contribution in [3.63, 3.8) is 0 Å². The van der Waals surface area contributed by atoms with Crippen LogP contribution in [0, 0.1) is 0 Å². The van der Waals surface area contributed by atoms with E-state index in [4.69, 9.17) is 11.6 Å². The average molecular weight is 371 g/mol. The van der Waals surface area contributed by atoms with Gasteiger partial charge in [-0.1, -0.05) is 23.7 Å². The third kappa shape index (κ3) is 4.03. The monoisotopic (exact) mass is 370 g/mol. The molecule has 0 bridgehead atoms. The number of nitrogens with one attached hydrogen (secondary N) is 2. The van der Waals surface area contributed by atoms with E-state index in [0.717, 1.165) is 11.0 Å².